The molecule has 5 nitrogen and oxygen atoms in total. The number of hydrogen-bond acceptors (Lipinski definition) is 3. The predicted molar refractivity (Wildman–Crippen MR) is 33.6 cm³/mol. The van der Waals surface area contributed by atoms with E-state index in [9.17, 15) is 9.59 Å². The van der Waals surface area contributed by atoms with E-state index in [1.807, 2.05) is 0 Å². The molecule has 0 saturated heterocycles. The Balaban J connectivity index is 0. The van der Waals surface area contributed by atoms with Crippen molar-refractivity contribution >= 4 is 41.5 Å². The van der Waals surface area contributed by atoms with Crippen LogP contribution in [0, 0.1) is 0 Å². The van der Waals surface area contributed by atoms with Gasteiger partial charge in [0.05, 0.1) is 6.42 Å². The van der Waals surface area contributed by atoms with Crippen molar-refractivity contribution in [2.24, 2.45) is 5.73 Å². The smallest absolute Gasteiger partial charge is 0.321 e. The van der Waals surface area contributed by atoms with Crippen LogP contribution in [0.1, 0.15) is 6.42 Å². The van der Waals surface area contributed by atoms with Crippen LogP contribution in [0.4, 0.5) is 0 Å². The standard InChI is InChI=1S/C4H7NO4.Na/c5-2(4(8)9)1-3(6)7;/h2H,1,5H2,(H,6,7)(H,8,9);/t2-;/m1./s1. The number of aliphatic carboxylic acids is 2. The van der Waals surface area contributed by atoms with Crippen LogP contribution in [0.15, 0.2) is 0 Å². The zero-order valence-electron chi connectivity index (χ0n) is 5.57. The van der Waals surface area contributed by atoms with E-state index >= 15 is 0 Å². The second-order valence-corrected chi connectivity index (χ2v) is 1.54. The van der Waals surface area contributed by atoms with E-state index in [1.165, 1.54) is 0 Å². The molecule has 0 saturated carbocycles. The van der Waals surface area contributed by atoms with Crippen LogP contribution in [0.2, 0.25) is 0 Å². The van der Waals surface area contributed by atoms with Gasteiger partial charge >= 0.3 is 11.9 Å². The molecule has 1 atom stereocenters. The maximum Gasteiger partial charge on any atom is 0.321 e. The largest absolute Gasteiger partial charge is 0.481 e. The van der Waals surface area contributed by atoms with Gasteiger partial charge < -0.3 is 15.9 Å². The van der Waals surface area contributed by atoms with Gasteiger partial charge in [0, 0.05) is 29.6 Å². The quantitative estimate of drug-likeness (QED) is 0.431. The average molecular weight is 156 g/mol. The maximum absolute atomic E-state index is 9.85. The number of rotatable bonds is 3. The van der Waals surface area contributed by atoms with Gasteiger partial charge in [-0.25, -0.2) is 0 Å². The van der Waals surface area contributed by atoms with Crippen molar-refractivity contribution in [3.63, 3.8) is 0 Å². The molecule has 0 bridgehead atoms. The molecule has 6 heteroatoms. The molecule has 0 aliphatic heterocycles. The Bertz CT molecular complexity index is 137. The van der Waals surface area contributed by atoms with Crippen molar-refractivity contribution in [1.29, 1.82) is 0 Å². The van der Waals surface area contributed by atoms with Crippen molar-refractivity contribution in [2.75, 3.05) is 0 Å². The molecule has 0 fully saturated rings. The maximum atomic E-state index is 9.85. The third-order valence-electron chi connectivity index (χ3n) is 0.712. The molecule has 0 spiro atoms. The van der Waals surface area contributed by atoms with E-state index < -0.39 is 24.4 Å². The molecule has 4 N–H and O–H groups in total. The monoisotopic (exact) mass is 156 g/mol. The normalized spacial score (nSPS) is 11.3. The molecule has 0 heterocycles. The fraction of sp³-hybridized carbons (Fsp3) is 0.500. The van der Waals surface area contributed by atoms with Gasteiger partial charge in [-0.15, -0.1) is 0 Å². The first-order valence-corrected chi connectivity index (χ1v) is 2.24. The third kappa shape index (κ3) is 6.03. The number of carboxylic acid groups (broad SMARTS) is 2. The van der Waals surface area contributed by atoms with E-state index in [4.69, 9.17) is 15.9 Å². The molecule has 0 rings (SSSR count). The van der Waals surface area contributed by atoms with Gasteiger partial charge in [0.15, 0.2) is 0 Å². The van der Waals surface area contributed by atoms with Gasteiger partial charge in [-0.2, -0.15) is 0 Å². The van der Waals surface area contributed by atoms with Gasteiger partial charge in [0.25, 0.3) is 0 Å². The molecule has 53 valence electrons. The molecule has 0 unspecified atom stereocenters. The molecule has 0 aromatic rings. The van der Waals surface area contributed by atoms with E-state index in [-0.39, 0.29) is 29.6 Å². The summed E-state index contributed by atoms with van der Waals surface area (Å²) in [5, 5.41) is 16.0. The van der Waals surface area contributed by atoms with Gasteiger partial charge in [-0.05, 0) is 0 Å². The predicted octanol–water partition coefficient (Wildman–Crippen LogP) is -1.51. The van der Waals surface area contributed by atoms with Crippen LogP contribution in [-0.4, -0.2) is 57.8 Å². The van der Waals surface area contributed by atoms with E-state index in [0.717, 1.165) is 0 Å². The van der Waals surface area contributed by atoms with Crippen molar-refractivity contribution in [1.82, 2.24) is 0 Å². The van der Waals surface area contributed by atoms with E-state index in [2.05, 4.69) is 0 Å². The molecule has 0 amide bonds. The Morgan fingerprint density at radius 2 is 1.80 bits per heavy atom. The van der Waals surface area contributed by atoms with Crippen LogP contribution in [-0.2, 0) is 9.59 Å². The second-order valence-electron chi connectivity index (χ2n) is 1.54. The Hall–Kier alpha value is -0.100. The molecule has 0 aliphatic carbocycles. The van der Waals surface area contributed by atoms with Crippen LogP contribution in [0.3, 0.4) is 0 Å². The zero-order valence-corrected chi connectivity index (χ0v) is 7.57. The minimum atomic E-state index is -1.29. The average Bonchev–Trinajstić information content (AvgIpc) is 1.63. The molecular weight excluding hydrogens is 149 g/mol. The summed E-state index contributed by atoms with van der Waals surface area (Å²) in [5.41, 5.74) is 4.84. The first-order chi connectivity index (χ1) is 4.04. The van der Waals surface area contributed by atoms with Gasteiger partial charge in [0.2, 0.25) is 0 Å². The topological polar surface area (TPSA) is 101 Å². The molecular formula is C4H7NNaO4. The number of carboxylic acids is 2. The summed E-state index contributed by atoms with van der Waals surface area (Å²) in [6.45, 7) is 0. The van der Waals surface area contributed by atoms with Crippen LogP contribution < -0.4 is 5.73 Å². The first-order valence-electron chi connectivity index (χ1n) is 2.24. The Labute approximate surface area is 79.5 Å². The summed E-state index contributed by atoms with van der Waals surface area (Å²) in [6, 6.07) is -1.29. The van der Waals surface area contributed by atoms with Crippen LogP contribution >= 0.6 is 0 Å². The van der Waals surface area contributed by atoms with E-state index in [0.29, 0.717) is 0 Å². The Morgan fingerprint density at radius 1 is 1.40 bits per heavy atom. The Kier molecular flexibility index (Phi) is 7.12. The minimum absolute atomic E-state index is 0. The van der Waals surface area contributed by atoms with Gasteiger partial charge in [-0.1, -0.05) is 0 Å². The van der Waals surface area contributed by atoms with E-state index in [1.54, 1.807) is 0 Å². The third-order valence-corrected chi connectivity index (χ3v) is 0.712. The summed E-state index contributed by atoms with van der Waals surface area (Å²) < 4.78 is 0. The number of carbonyl (C=O) groups is 2. The Morgan fingerprint density at radius 3 is 1.90 bits per heavy atom. The minimum Gasteiger partial charge on any atom is -0.481 e. The number of hydrogen-bond donors (Lipinski definition) is 3. The summed E-state index contributed by atoms with van der Waals surface area (Å²) in [5.74, 6) is -2.50. The molecule has 0 aromatic heterocycles. The van der Waals surface area contributed by atoms with Gasteiger partial charge in [0.1, 0.15) is 6.04 Å². The van der Waals surface area contributed by atoms with Crippen LogP contribution in [0.5, 0.6) is 0 Å². The molecule has 0 aliphatic rings. The second kappa shape index (κ2) is 5.67. The molecule has 1 radical (unpaired) electrons. The summed E-state index contributed by atoms with van der Waals surface area (Å²) in [7, 11) is 0. The SMILES string of the molecule is N[C@H](CC(=O)O)C(=O)O.[Na]. The van der Waals surface area contributed by atoms with Crippen LogP contribution in [0.25, 0.3) is 0 Å². The van der Waals surface area contributed by atoms with Gasteiger partial charge in [-0.3, -0.25) is 9.59 Å². The fourth-order valence-corrected chi connectivity index (χ4v) is 0.275. The van der Waals surface area contributed by atoms with Crippen molar-refractivity contribution in [3.8, 4) is 0 Å². The summed E-state index contributed by atoms with van der Waals surface area (Å²) in [4.78, 5) is 19.6. The first kappa shape index (κ1) is 12.6. The molecule has 10 heavy (non-hydrogen) atoms. The van der Waals surface area contributed by atoms with Crippen molar-refractivity contribution < 1.29 is 19.8 Å². The molecule has 0 aromatic carbocycles. The fourth-order valence-electron chi connectivity index (χ4n) is 0.275. The summed E-state index contributed by atoms with van der Waals surface area (Å²) >= 11 is 0. The number of nitrogens with two attached hydrogens (primary N) is 1. The zero-order chi connectivity index (χ0) is 7.44. The van der Waals surface area contributed by atoms with Crippen molar-refractivity contribution in [3.05, 3.63) is 0 Å². The van der Waals surface area contributed by atoms with Crippen molar-refractivity contribution in [2.45, 2.75) is 12.5 Å². The summed E-state index contributed by atoms with van der Waals surface area (Å²) in [6.07, 6.45) is -0.532.